The van der Waals surface area contributed by atoms with E-state index in [2.05, 4.69) is 0 Å². The van der Waals surface area contributed by atoms with E-state index in [9.17, 15) is 24.6 Å². The summed E-state index contributed by atoms with van der Waals surface area (Å²) in [5, 5.41) is 23.9. The van der Waals surface area contributed by atoms with Crippen LogP contribution < -0.4 is 0 Å². The van der Waals surface area contributed by atoms with Gasteiger partial charge >= 0.3 is 17.9 Å². The Morgan fingerprint density at radius 2 is 1.53 bits per heavy atom. The molecule has 1 saturated heterocycles. The van der Waals surface area contributed by atoms with Crippen molar-refractivity contribution in [1.29, 1.82) is 0 Å². The molecule has 3 heterocycles. The summed E-state index contributed by atoms with van der Waals surface area (Å²) in [5.41, 5.74) is -6.20. The zero-order valence-electron chi connectivity index (χ0n) is 21.8. The van der Waals surface area contributed by atoms with Crippen molar-refractivity contribution in [1.82, 2.24) is 0 Å². The van der Waals surface area contributed by atoms with Crippen LogP contribution in [0.4, 0.5) is 0 Å². The molecule has 1 spiro atoms. The van der Waals surface area contributed by atoms with Crippen LogP contribution >= 0.6 is 0 Å². The molecule has 1 aliphatic heterocycles. The summed E-state index contributed by atoms with van der Waals surface area (Å²) in [4.78, 5) is 38.1. The molecule has 0 radical (unpaired) electrons. The standard InChI is InChI=1S/C27H32O11/c1-14(28)35-18-13-25(4,32)27-21(37-23(31)17-9-7-11-34-17)15(24(2,3)38-27)12-19(26(27,5)20(18)29)36-22(30)16-8-6-10-33-16/h6-11,15,18-21,29,32H,12-13H2,1-5H3/t15-,18+,19+,20+,21-,25+,26-,27+/m1/s1. The van der Waals surface area contributed by atoms with E-state index in [0.29, 0.717) is 0 Å². The van der Waals surface area contributed by atoms with Gasteiger partial charge in [0.15, 0.2) is 0 Å². The molecular formula is C27H32O11. The molecule has 2 saturated carbocycles. The average molecular weight is 533 g/mol. The van der Waals surface area contributed by atoms with E-state index < -0.39 is 70.5 Å². The lowest BCUT2D eigenvalue weighted by Gasteiger charge is -2.64. The lowest BCUT2D eigenvalue weighted by Crippen LogP contribution is -2.81. The summed E-state index contributed by atoms with van der Waals surface area (Å²) in [5.74, 6) is -2.85. The smallest absolute Gasteiger partial charge is 0.374 e. The van der Waals surface area contributed by atoms with Crippen LogP contribution in [-0.2, 0) is 23.7 Å². The molecule has 0 amide bonds. The van der Waals surface area contributed by atoms with E-state index >= 15 is 0 Å². The maximum atomic E-state index is 13.1. The minimum Gasteiger partial charge on any atom is -0.460 e. The lowest BCUT2D eigenvalue weighted by atomic mass is 9.47. The Morgan fingerprint density at radius 3 is 2.05 bits per heavy atom. The monoisotopic (exact) mass is 532 g/mol. The molecule has 0 aromatic carbocycles. The topological polar surface area (TPSA) is 155 Å². The van der Waals surface area contributed by atoms with Gasteiger partial charge in [0.2, 0.25) is 11.5 Å². The van der Waals surface area contributed by atoms with Crippen molar-refractivity contribution in [3.63, 3.8) is 0 Å². The second-order valence-electron chi connectivity index (χ2n) is 11.3. The third-order valence-corrected chi connectivity index (χ3v) is 8.63. The zero-order chi connectivity index (χ0) is 27.7. The normalized spacial score (nSPS) is 39.2. The Kier molecular flexibility index (Phi) is 6.05. The second kappa shape index (κ2) is 8.69. The molecule has 0 unspecified atom stereocenters. The molecule has 2 aromatic heterocycles. The Hall–Kier alpha value is -3.15. The van der Waals surface area contributed by atoms with Crippen molar-refractivity contribution in [3.05, 3.63) is 48.3 Å². The van der Waals surface area contributed by atoms with E-state index in [1.807, 2.05) is 0 Å². The van der Waals surface area contributed by atoms with Crippen molar-refractivity contribution in [3.8, 4) is 0 Å². The number of hydrogen-bond acceptors (Lipinski definition) is 11. The number of esters is 3. The van der Waals surface area contributed by atoms with Gasteiger partial charge in [-0.3, -0.25) is 4.79 Å². The SMILES string of the molecule is CC(=O)O[C@H]1C[C@](C)(O)[C@]23OC(C)(C)[C@H](C[C@H](OC(=O)c4ccco4)[C@]2(C)[C@H]1O)[C@H]3OC(=O)c1ccco1. The molecule has 11 nitrogen and oxygen atoms in total. The van der Waals surface area contributed by atoms with Gasteiger partial charge in [-0.2, -0.15) is 0 Å². The van der Waals surface area contributed by atoms with Crippen LogP contribution in [0.15, 0.2) is 45.6 Å². The quantitative estimate of drug-likeness (QED) is 0.431. The molecule has 2 aromatic rings. The molecular weight excluding hydrogens is 500 g/mol. The van der Waals surface area contributed by atoms with Gasteiger partial charge < -0.3 is 38.0 Å². The predicted molar refractivity (Wildman–Crippen MR) is 127 cm³/mol. The number of aliphatic hydroxyl groups excluding tert-OH is 1. The minimum atomic E-state index is -1.82. The van der Waals surface area contributed by atoms with Crippen molar-refractivity contribution in [2.24, 2.45) is 11.3 Å². The van der Waals surface area contributed by atoms with Crippen LogP contribution in [0.1, 0.15) is 68.6 Å². The second-order valence-corrected chi connectivity index (χ2v) is 11.3. The number of hydrogen-bond donors (Lipinski definition) is 2. The fraction of sp³-hybridized carbons (Fsp3) is 0.593. The van der Waals surface area contributed by atoms with Gasteiger partial charge in [-0.15, -0.1) is 0 Å². The summed E-state index contributed by atoms with van der Waals surface area (Å²) in [6, 6.07) is 5.98. The largest absolute Gasteiger partial charge is 0.460 e. The molecule has 5 rings (SSSR count). The highest BCUT2D eigenvalue weighted by atomic mass is 16.6. The van der Waals surface area contributed by atoms with Gasteiger partial charge in [0, 0.05) is 19.3 Å². The van der Waals surface area contributed by atoms with Gasteiger partial charge in [-0.1, -0.05) is 6.92 Å². The van der Waals surface area contributed by atoms with Gasteiger partial charge in [0.1, 0.15) is 30.0 Å². The first-order chi connectivity index (χ1) is 17.7. The van der Waals surface area contributed by atoms with E-state index in [1.165, 1.54) is 44.6 Å². The van der Waals surface area contributed by atoms with Gasteiger partial charge in [-0.25, -0.2) is 9.59 Å². The van der Waals surface area contributed by atoms with Gasteiger partial charge in [0.25, 0.3) is 0 Å². The number of rotatable bonds is 5. The van der Waals surface area contributed by atoms with Crippen molar-refractivity contribution in [2.45, 2.75) is 88.7 Å². The number of carbonyl (C=O) groups excluding carboxylic acids is 3. The molecule has 11 heteroatoms. The van der Waals surface area contributed by atoms with Crippen LogP contribution in [0.25, 0.3) is 0 Å². The third kappa shape index (κ3) is 3.63. The molecule has 2 N–H and O–H groups in total. The van der Waals surface area contributed by atoms with E-state index in [-0.39, 0.29) is 24.4 Å². The number of carbonyl (C=O) groups is 3. The lowest BCUT2D eigenvalue weighted by molar-refractivity contribution is -0.342. The Bertz CT molecular complexity index is 1210. The van der Waals surface area contributed by atoms with Crippen LogP contribution in [0, 0.1) is 11.3 Å². The Morgan fingerprint density at radius 1 is 0.947 bits per heavy atom. The van der Waals surface area contributed by atoms with E-state index in [4.69, 9.17) is 27.8 Å². The number of furan rings is 2. The first-order valence-electron chi connectivity index (χ1n) is 12.5. The molecule has 38 heavy (non-hydrogen) atoms. The number of fused-ring (bicyclic) bond motifs is 1. The fourth-order valence-corrected chi connectivity index (χ4v) is 6.99. The Balaban J connectivity index is 1.65. The van der Waals surface area contributed by atoms with E-state index in [0.717, 1.165) is 0 Å². The molecule has 206 valence electrons. The summed E-state index contributed by atoms with van der Waals surface area (Å²) in [6.45, 7) is 7.85. The van der Waals surface area contributed by atoms with Crippen molar-refractivity contribution in [2.75, 3.05) is 0 Å². The van der Waals surface area contributed by atoms with Gasteiger partial charge in [-0.05, 0) is 51.5 Å². The molecule has 8 atom stereocenters. The third-order valence-electron chi connectivity index (χ3n) is 8.63. The van der Waals surface area contributed by atoms with Gasteiger partial charge in [0.05, 0.1) is 29.1 Å². The summed E-state index contributed by atoms with van der Waals surface area (Å²) >= 11 is 0. The number of aliphatic hydroxyl groups is 2. The van der Waals surface area contributed by atoms with E-state index in [1.54, 1.807) is 26.8 Å². The molecule has 3 aliphatic rings. The van der Waals surface area contributed by atoms with Crippen LogP contribution in [0.3, 0.4) is 0 Å². The maximum Gasteiger partial charge on any atom is 0.374 e. The summed E-state index contributed by atoms with van der Waals surface area (Å²) in [6.07, 6.45) is -2.21. The Labute approximate surface area is 219 Å². The molecule has 2 aliphatic carbocycles. The summed E-state index contributed by atoms with van der Waals surface area (Å²) in [7, 11) is 0. The molecule has 2 bridgehead atoms. The summed E-state index contributed by atoms with van der Waals surface area (Å²) < 4.78 is 34.5. The highest BCUT2D eigenvalue weighted by Gasteiger charge is 2.83. The highest BCUT2D eigenvalue weighted by molar-refractivity contribution is 5.87. The first kappa shape index (κ1) is 26.5. The average Bonchev–Trinajstić information content (AvgIpc) is 3.57. The minimum absolute atomic E-state index is 0.0412. The maximum absolute atomic E-state index is 13.1. The predicted octanol–water partition coefficient (Wildman–Crippen LogP) is 2.64. The van der Waals surface area contributed by atoms with Crippen LogP contribution in [-0.4, -0.2) is 69.3 Å². The molecule has 3 fully saturated rings. The fourth-order valence-electron chi connectivity index (χ4n) is 6.99. The highest BCUT2D eigenvalue weighted by Crippen LogP contribution is 2.68. The first-order valence-corrected chi connectivity index (χ1v) is 12.5. The number of ether oxygens (including phenoxy) is 4. The van der Waals surface area contributed by atoms with Crippen LogP contribution in [0.5, 0.6) is 0 Å². The van der Waals surface area contributed by atoms with Crippen LogP contribution in [0.2, 0.25) is 0 Å². The van der Waals surface area contributed by atoms with Crippen molar-refractivity contribution < 1.29 is 52.4 Å². The van der Waals surface area contributed by atoms with Crippen molar-refractivity contribution >= 4 is 17.9 Å². The zero-order valence-corrected chi connectivity index (χ0v) is 21.8.